The van der Waals surface area contributed by atoms with Gasteiger partial charge in [-0.2, -0.15) is 13.2 Å². The molecule has 1 aliphatic heterocycles. The van der Waals surface area contributed by atoms with Crippen molar-refractivity contribution in [3.05, 3.63) is 64.7 Å². The summed E-state index contributed by atoms with van der Waals surface area (Å²) in [4.78, 5) is 28.2. The molecule has 2 amide bonds. The maximum Gasteiger partial charge on any atom is 0.417 e. The van der Waals surface area contributed by atoms with Crippen molar-refractivity contribution in [3.8, 4) is 0 Å². The molecule has 0 saturated carbocycles. The number of carbonyl (C=O) groups is 2. The Morgan fingerprint density at radius 3 is 2.28 bits per heavy atom. The molecule has 1 aliphatic rings. The smallest absolute Gasteiger partial charge is 0.336 e. The number of nitrogens with zero attached hydrogens (tertiary/aromatic N) is 2. The molecule has 5 nitrogen and oxygen atoms in total. The van der Waals surface area contributed by atoms with Crippen LogP contribution >= 0.6 is 11.6 Å². The highest BCUT2D eigenvalue weighted by Gasteiger charge is 2.33. The predicted octanol–water partition coefficient (Wildman–Crippen LogP) is 3.76. The van der Waals surface area contributed by atoms with E-state index in [0.29, 0.717) is 31.7 Å². The van der Waals surface area contributed by atoms with Crippen LogP contribution < -0.4 is 5.32 Å². The van der Waals surface area contributed by atoms with Crippen molar-refractivity contribution in [1.82, 2.24) is 9.80 Å². The molecule has 3 rings (SSSR count). The van der Waals surface area contributed by atoms with Crippen molar-refractivity contribution >= 4 is 29.1 Å². The van der Waals surface area contributed by atoms with Gasteiger partial charge in [0.05, 0.1) is 17.1 Å². The Hall–Kier alpha value is -2.58. The van der Waals surface area contributed by atoms with Gasteiger partial charge in [0.2, 0.25) is 5.91 Å². The molecule has 154 valence electrons. The molecule has 0 aliphatic carbocycles. The maximum atomic E-state index is 12.9. The quantitative estimate of drug-likeness (QED) is 0.811. The lowest BCUT2D eigenvalue weighted by molar-refractivity contribution is -0.137. The van der Waals surface area contributed by atoms with Crippen LogP contribution in [0.1, 0.15) is 15.9 Å². The van der Waals surface area contributed by atoms with Crippen LogP contribution in [0.5, 0.6) is 0 Å². The van der Waals surface area contributed by atoms with Crippen molar-refractivity contribution in [2.75, 3.05) is 38.0 Å². The van der Waals surface area contributed by atoms with E-state index in [-0.39, 0.29) is 18.1 Å². The van der Waals surface area contributed by atoms with Crippen LogP contribution in [0, 0.1) is 0 Å². The molecular formula is C20H19ClF3N3O2. The minimum Gasteiger partial charge on any atom is -0.336 e. The highest BCUT2D eigenvalue weighted by atomic mass is 35.5. The van der Waals surface area contributed by atoms with Gasteiger partial charge in [-0.25, -0.2) is 0 Å². The third kappa shape index (κ3) is 5.48. The second kappa shape index (κ2) is 8.84. The molecule has 9 heteroatoms. The molecule has 1 saturated heterocycles. The summed E-state index contributed by atoms with van der Waals surface area (Å²) in [6, 6.07) is 12.2. The molecule has 0 aromatic heterocycles. The molecule has 0 atom stereocenters. The predicted molar refractivity (Wildman–Crippen MR) is 104 cm³/mol. The Morgan fingerprint density at radius 1 is 1.00 bits per heavy atom. The topological polar surface area (TPSA) is 52.7 Å². The molecule has 2 aromatic carbocycles. The van der Waals surface area contributed by atoms with Gasteiger partial charge in [0.25, 0.3) is 5.91 Å². The lowest BCUT2D eigenvalue weighted by Crippen LogP contribution is -2.50. The van der Waals surface area contributed by atoms with Crippen molar-refractivity contribution < 1.29 is 22.8 Å². The van der Waals surface area contributed by atoms with Gasteiger partial charge in [-0.1, -0.05) is 29.8 Å². The molecule has 1 heterocycles. The summed E-state index contributed by atoms with van der Waals surface area (Å²) in [5, 5.41) is 2.05. The number of carbonyl (C=O) groups excluding carboxylic acids is 2. The van der Waals surface area contributed by atoms with Crippen molar-refractivity contribution in [3.63, 3.8) is 0 Å². The second-order valence-electron chi connectivity index (χ2n) is 6.67. The van der Waals surface area contributed by atoms with E-state index in [9.17, 15) is 22.8 Å². The van der Waals surface area contributed by atoms with E-state index in [2.05, 4.69) is 5.32 Å². The maximum absolute atomic E-state index is 12.9. The number of nitrogens with one attached hydrogen (secondary N) is 1. The van der Waals surface area contributed by atoms with Crippen LogP contribution in [-0.4, -0.2) is 54.3 Å². The van der Waals surface area contributed by atoms with Crippen molar-refractivity contribution in [2.24, 2.45) is 0 Å². The number of piperazine rings is 1. The summed E-state index contributed by atoms with van der Waals surface area (Å²) in [6.07, 6.45) is -4.60. The first kappa shape index (κ1) is 21.1. The van der Waals surface area contributed by atoms with E-state index in [0.717, 1.165) is 12.1 Å². The zero-order valence-electron chi connectivity index (χ0n) is 15.4. The Labute approximate surface area is 171 Å². The lowest BCUT2D eigenvalue weighted by atomic mass is 10.2. The number of alkyl halides is 3. The minimum atomic E-state index is -4.60. The van der Waals surface area contributed by atoms with Gasteiger partial charge in [-0.15, -0.1) is 0 Å². The standard InChI is InChI=1S/C20H19ClF3N3O2/c21-17-7-6-15(12-16(17)20(22,23)24)25-18(28)13-26-8-10-27(11-9-26)19(29)14-4-2-1-3-5-14/h1-7,12H,8-11,13H2,(H,25,28). The van der Waals surface area contributed by atoms with Crippen molar-refractivity contribution in [1.29, 1.82) is 0 Å². The zero-order valence-corrected chi connectivity index (χ0v) is 16.1. The highest BCUT2D eigenvalue weighted by Crippen LogP contribution is 2.36. The number of halogens is 4. The fourth-order valence-electron chi connectivity index (χ4n) is 3.10. The van der Waals surface area contributed by atoms with Crippen LogP contribution in [0.15, 0.2) is 48.5 Å². The monoisotopic (exact) mass is 425 g/mol. The van der Waals surface area contributed by atoms with Gasteiger partial charge in [0.15, 0.2) is 0 Å². The van der Waals surface area contributed by atoms with E-state index in [1.54, 1.807) is 29.2 Å². The average molecular weight is 426 g/mol. The largest absolute Gasteiger partial charge is 0.417 e. The molecule has 1 fully saturated rings. The number of amides is 2. The van der Waals surface area contributed by atoms with Crippen LogP contribution in [-0.2, 0) is 11.0 Å². The Balaban J connectivity index is 1.52. The molecule has 1 N–H and O–H groups in total. The number of rotatable bonds is 4. The van der Waals surface area contributed by atoms with Crippen molar-refractivity contribution in [2.45, 2.75) is 6.18 Å². The third-order valence-electron chi connectivity index (χ3n) is 4.60. The van der Waals surface area contributed by atoms with E-state index in [4.69, 9.17) is 11.6 Å². The SMILES string of the molecule is O=C(CN1CCN(C(=O)c2ccccc2)CC1)Nc1ccc(Cl)c(C(F)(F)F)c1. The van der Waals surface area contributed by atoms with E-state index < -0.39 is 22.7 Å². The van der Waals surface area contributed by atoms with Gasteiger partial charge < -0.3 is 10.2 Å². The summed E-state index contributed by atoms with van der Waals surface area (Å²) in [5.41, 5.74) is -0.350. The lowest BCUT2D eigenvalue weighted by Gasteiger charge is -2.34. The molecule has 2 aromatic rings. The average Bonchev–Trinajstić information content (AvgIpc) is 2.69. The number of anilines is 1. The molecule has 0 unspecified atom stereocenters. The summed E-state index contributed by atoms with van der Waals surface area (Å²) in [5.74, 6) is -0.487. The first-order chi connectivity index (χ1) is 13.7. The normalized spacial score (nSPS) is 15.2. The van der Waals surface area contributed by atoms with Crippen LogP contribution in [0.3, 0.4) is 0 Å². The summed E-state index contributed by atoms with van der Waals surface area (Å²) in [6.45, 7) is 1.97. The summed E-state index contributed by atoms with van der Waals surface area (Å²) >= 11 is 5.58. The Kier molecular flexibility index (Phi) is 6.44. The van der Waals surface area contributed by atoms with Gasteiger partial charge in [-0.05, 0) is 30.3 Å². The number of hydrogen-bond acceptors (Lipinski definition) is 3. The number of hydrogen-bond donors (Lipinski definition) is 1. The van der Waals surface area contributed by atoms with Gasteiger partial charge >= 0.3 is 6.18 Å². The number of benzene rings is 2. The molecule has 0 spiro atoms. The summed E-state index contributed by atoms with van der Waals surface area (Å²) in [7, 11) is 0. The van der Waals surface area contributed by atoms with E-state index >= 15 is 0 Å². The first-order valence-electron chi connectivity index (χ1n) is 8.97. The first-order valence-corrected chi connectivity index (χ1v) is 9.35. The van der Waals surface area contributed by atoms with Gasteiger partial charge in [0.1, 0.15) is 0 Å². The fourth-order valence-corrected chi connectivity index (χ4v) is 3.32. The van der Waals surface area contributed by atoms with Crippen LogP contribution in [0.2, 0.25) is 5.02 Å². The third-order valence-corrected chi connectivity index (χ3v) is 4.93. The van der Waals surface area contributed by atoms with Gasteiger partial charge in [-0.3, -0.25) is 14.5 Å². The Bertz CT molecular complexity index is 882. The van der Waals surface area contributed by atoms with Crippen LogP contribution in [0.25, 0.3) is 0 Å². The molecular weight excluding hydrogens is 407 g/mol. The molecule has 0 radical (unpaired) electrons. The second-order valence-corrected chi connectivity index (χ2v) is 7.08. The zero-order chi connectivity index (χ0) is 21.0. The molecule has 29 heavy (non-hydrogen) atoms. The highest BCUT2D eigenvalue weighted by molar-refractivity contribution is 6.31. The van der Waals surface area contributed by atoms with E-state index in [1.165, 1.54) is 6.07 Å². The Morgan fingerprint density at radius 2 is 1.66 bits per heavy atom. The van der Waals surface area contributed by atoms with Gasteiger partial charge in [0, 0.05) is 37.4 Å². The minimum absolute atomic E-state index is 0.0251. The van der Waals surface area contributed by atoms with E-state index in [1.807, 2.05) is 11.0 Å². The summed E-state index contributed by atoms with van der Waals surface area (Å²) < 4.78 is 38.8. The molecule has 0 bridgehead atoms. The van der Waals surface area contributed by atoms with Crippen LogP contribution in [0.4, 0.5) is 18.9 Å². The fraction of sp³-hybridized carbons (Fsp3) is 0.300.